The highest BCUT2D eigenvalue weighted by Crippen LogP contribution is 2.43. The van der Waals surface area contributed by atoms with E-state index in [1.807, 2.05) is 6.07 Å². The second kappa shape index (κ2) is 7.44. The zero-order chi connectivity index (χ0) is 23.7. The van der Waals surface area contributed by atoms with Gasteiger partial charge >= 0.3 is 0 Å². The van der Waals surface area contributed by atoms with Crippen LogP contribution in [0.3, 0.4) is 0 Å². The minimum atomic E-state index is -0.316. The number of pyridine rings is 1. The fraction of sp³-hybridized carbons (Fsp3) is 0.292. The first kappa shape index (κ1) is 20.3. The van der Waals surface area contributed by atoms with Crippen LogP contribution in [0.15, 0.2) is 36.8 Å². The van der Waals surface area contributed by atoms with Crippen molar-refractivity contribution in [2.75, 3.05) is 29.1 Å². The average Bonchev–Trinajstić information content (AvgIpc) is 3.55. The number of halogens is 1. The summed E-state index contributed by atoms with van der Waals surface area (Å²) in [4.78, 5) is 28.3. The van der Waals surface area contributed by atoms with Gasteiger partial charge in [-0.25, -0.2) is 14.4 Å². The molecule has 1 aliphatic carbocycles. The van der Waals surface area contributed by atoms with E-state index >= 15 is 0 Å². The molecule has 1 saturated heterocycles. The number of benzene rings is 1. The number of rotatable bonds is 4. The van der Waals surface area contributed by atoms with Crippen LogP contribution in [-0.4, -0.2) is 55.6 Å². The van der Waals surface area contributed by atoms with Gasteiger partial charge in [0.15, 0.2) is 5.65 Å². The van der Waals surface area contributed by atoms with Crippen molar-refractivity contribution in [3.8, 4) is 0 Å². The van der Waals surface area contributed by atoms with E-state index in [1.54, 1.807) is 31.7 Å². The lowest BCUT2D eigenvalue weighted by atomic mass is 10.0. The number of aromatic amines is 1. The number of hydrogen-bond donors (Lipinski definition) is 4. The summed E-state index contributed by atoms with van der Waals surface area (Å²) in [5.41, 5.74) is 10.4. The van der Waals surface area contributed by atoms with E-state index in [4.69, 9.17) is 15.7 Å². The van der Waals surface area contributed by atoms with Crippen molar-refractivity contribution in [3.05, 3.63) is 42.6 Å². The summed E-state index contributed by atoms with van der Waals surface area (Å²) in [6.07, 6.45) is 6.89. The fourth-order valence-corrected chi connectivity index (χ4v) is 5.61. The first-order chi connectivity index (χ1) is 17.1. The number of piperidine rings is 1. The molecule has 1 aliphatic heterocycles. The van der Waals surface area contributed by atoms with Gasteiger partial charge < -0.3 is 26.3 Å². The van der Waals surface area contributed by atoms with Crippen molar-refractivity contribution in [3.63, 3.8) is 0 Å². The Morgan fingerprint density at radius 1 is 1.11 bits per heavy atom. The van der Waals surface area contributed by atoms with Crippen LogP contribution < -0.4 is 21.3 Å². The van der Waals surface area contributed by atoms with Crippen molar-refractivity contribution in [2.45, 2.75) is 24.9 Å². The molecular formula is C24H23FN10. The average molecular weight is 471 g/mol. The normalized spacial score (nSPS) is 21.5. The van der Waals surface area contributed by atoms with Gasteiger partial charge in [0, 0.05) is 43.5 Å². The quantitative estimate of drug-likeness (QED) is 0.312. The lowest BCUT2D eigenvalue weighted by molar-refractivity contribution is 0.471. The molecule has 0 radical (unpaired) electrons. The van der Waals surface area contributed by atoms with E-state index in [9.17, 15) is 4.39 Å². The highest BCUT2D eigenvalue weighted by molar-refractivity contribution is 6.15. The van der Waals surface area contributed by atoms with Crippen LogP contribution in [0, 0.1) is 11.7 Å². The van der Waals surface area contributed by atoms with E-state index < -0.39 is 0 Å². The summed E-state index contributed by atoms with van der Waals surface area (Å²) < 4.78 is 14.5. The summed E-state index contributed by atoms with van der Waals surface area (Å²) in [6.45, 7) is 0.825. The molecule has 176 valence electrons. The van der Waals surface area contributed by atoms with Crippen LogP contribution in [-0.2, 0) is 0 Å². The zero-order valence-electron chi connectivity index (χ0n) is 19.0. The molecule has 1 saturated carbocycles. The van der Waals surface area contributed by atoms with Gasteiger partial charge in [-0.3, -0.25) is 4.98 Å². The number of nitrogens with zero attached hydrogens (tertiary/aromatic N) is 6. The molecule has 10 nitrogen and oxygen atoms in total. The Labute approximate surface area is 199 Å². The van der Waals surface area contributed by atoms with Crippen LogP contribution in [0.2, 0.25) is 0 Å². The number of anilines is 4. The Hall–Kier alpha value is -4.12. The monoisotopic (exact) mass is 470 g/mol. The molecule has 3 atom stereocenters. The molecule has 4 aromatic heterocycles. The maximum absolute atomic E-state index is 14.5. The maximum atomic E-state index is 14.5. The summed E-state index contributed by atoms with van der Waals surface area (Å²) in [7, 11) is 1.77. The number of nitrogens with one attached hydrogen (secondary N) is 3. The van der Waals surface area contributed by atoms with Gasteiger partial charge in [-0.05, 0) is 37.0 Å². The second-order valence-corrected chi connectivity index (χ2v) is 9.29. The standard InChI is InChI=1S/C24H23FN10/c1-27-17-6-12(25)5-15-19-22(32-20(15)17)33-24(31-13-7-18-21(30-9-13)29-3-2-28-18)34-23(19)35-10-11-4-14(35)8-16(11)26/h2-3,5-7,9,11,14,16,27H,4,8,10,26H2,1H3,(H2,31,32,33,34)/t11-,14-,16-/m1/s1. The molecule has 11 heteroatoms. The summed E-state index contributed by atoms with van der Waals surface area (Å²) in [6, 6.07) is 5.40. The van der Waals surface area contributed by atoms with Crippen molar-refractivity contribution in [2.24, 2.45) is 11.7 Å². The minimum absolute atomic E-state index is 0.215. The Bertz CT molecular complexity index is 1610. The summed E-state index contributed by atoms with van der Waals surface area (Å²) in [5.74, 6) is 1.32. The highest BCUT2D eigenvalue weighted by Gasteiger charge is 2.44. The molecule has 35 heavy (non-hydrogen) atoms. The molecule has 0 spiro atoms. The second-order valence-electron chi connectivity index (χ2n) is 9.29. The molecule has 2 aliphatic rings. The highest BCUT2D eigenvalue weighted by atomic mass is 19.1. The van der Waals surface area contributed by atoms with Crippen molar-refractivity contribution < 1.29 is 4.39 Å². The summed E-state index contributed by atoms with van der Waals surface area (Å²) >= 11 is 0. The number of hydrogen-bond acceptors (Lipinski definition) is 9. The van der Waals surface area contributed by atoms with Crippen molar-refractivity contribution in [1.29, 1.82) is 0 Å². The van der Waals surface area contributed by atoms with Crippen molar-refractivity contribution in [1.82, 2.24) is 29.9 Å². The van der Waals surface area contributed by atoms with Gasteiger partial charge in [0.2, 0.25) is 5.95 Å². The van der Waals surface area contributed by atoms with E-state index in [-0.39, 0.29) is 11.9 Å². The SMILES string of the molecule is CNc1cc(F)cc2c1[nH]c1nc(Nc3cnc4nccnc4c3)nc(N3C[C@H]4C[C@@H]3C[C@H]4N)c12. The Morgan fingerprint density at radius 3 is 2.80 bits per heavy atom. The topological polar surface area (TPSA) is 134 Å². The molecule has 2 fully saturated rings. The number of fused-ring (bicyclic) bond motifs is 6. The van der Waals surface area contributed by atoms with Crippen LogP contribution in [0.5, 0.6) is 0 Å². The molecule has 5 N–H and O–H groups in total. The fourth-order valence-electron chi connectivity index (χ4n) is 5.61. The van der Waals surface area contributed by atoms with Gasteiger partial charge in [0.1, 0.15) is 22.8 Å². The van der Waals surface area contributed by atoms with Crippen LogP contribution in [0.1, 0.15) is 12.8 Å². The lowest BCUT2D eigenvalue weighted by Gasteiger charge is -2.31. The molecule has 0 amide bonds. The molecule has 5 heterocycles. The van der Waals surface area contributed by atoms with Crippen LogP contribution in [0.4, 0.5) is 27.5 Å². The van der Waals surface area contributed by atoms with Gasteiger partial charge in [-0.15, -0.1) is 0 Å². The zero-order valence-corrected chi connectivity index (χ0v) is 19.0. The number of nitrogens with two attached hydrogens (primary N) is 1. The smallest absolute Gasteiger partial charge is 0.231 e. The summed E-state index contributed by atoms with van der Waals surface area (Å²) in [5, 5.41) is 7.92. The van der Waals surface area contributed by atoms with E-state index in [2.05, 4.69) is 35.5 Å². The number of aromatic nitrogens is 6. The Balaban J connectivity index is 1.40. The van der Waals surface area contributed by atoms with Gasteiger partial charge in [-0.1, -0.05) is 0 Å². The minimum Gasteiger partial charge on any atom is -0.386 e. The Kier molecular flexibility index (Phi) is 4.31. The molecular weight excluding hydrogens is 447 g/mol. The maximum Gasteiger partial charge on any atom is 0.231 e. The number of H-pyrrole nitrogens is 1. The Morgan fingerprint density at radius 2 is 2.00 bits per heavy atom. The first-order valence-corrected chi connectivity index (χ1v) is 11.6. The molecule has 1 aromatic carbocycles. The predicted octanol–water partition coefficient (Wildman–Crippen LogP) is 3.30. The molecule has 7 rings (SSSR count). The van der Waals surface area contributed by atoms with Gasteiger partial charge in [-0.2, -0.15) is 9.97 Å². The largest absolute Gasteiger partial charge is 0.386 e. The van der Waals surface area contributed by atoms with Crippen LogP contribution >= 0.6 is 0 Å². The third kappa shape index (κ3) is 3.15. The van der Waals surface area contributed by atoms with E-state index in [1.165, 1.54) is 6.07 Å². The van der Waals surface area contributed by atoms with E-state index in [0.717, 1.165) is 41.5 Å². The first-order valence-electron chi connectivity index (χ1n) is 11.6. The third-order valence-electron chi connectivity index (χ3n) is 7.22. The molecule has 2 bridgehead atoms. The predicted molar refractivity (Wildman–Crippen MR) is 133 cm³/mol. The van der Waals surface area contributed by atoms with Crippen LogP contribution in [0.25, 0.3) is 33.1 Å². The van der Waals surface area contributed by atoms with Gasteiger partial charge in [0.05, 0.1) is 28.5 Å². The third-order valence-corrected chi connectivity index (χ3v) is 7.22. The molecule has 0 unspecified atom stereocenters. The van der Waals surface area contributed by atoms with E-state index in [0.29, 0.717) is 46.1 Å². The van der Waals surface area contributed by atoms with Crippen molar-refractivity contribution >= 4 is 56.2 Å². The lowest BCUT2D eigenvalue weighted by Crippen LogP contribution is -2.41. The molecule has 5 aromatic rings. The van der Waals surface area contributed by atoms with Gasteiger partial charge in [0.25, 0.3) is 0 Å².